The van der Waals surface area contributed by atoms with E-state index in [2.05, 4.69) is 14.5 Å². The molecule has 3 aliphatic rings. The largest absolute Gasteiger partial charge is 0.507 e. The summed E-state index contributed by atoms with van der Waals surface area (Å²) in [6, 6.07) is 4.03. The van der Waals surface area contributed by atoms with Gasteiger partial charge in [-0.2, -0.15) is 0 Å². The second-order valence-corrected chi connectivity index (χ2v) is 10.6. The Morgan fingerprint density at radius 2 is 1.85 bits per heavy atom. The molecule has 1 unspecified atom stereocenters. The van der Waals surface area contributed by atoms with Gasteiger partial charge in [-0.1, -0.05) is 21.5 Å². The number of ketones is 3. The smallest absolute Gasteiger partial charge is 0.202 e. The van der Waals surface area contributed by atoms with Crippen molar-refractivity contribution < 1.29 is 49.0 Å². The fourth-order valence-corrected chi connectivity index (χ4v) is 6.12. The van der Waals surface area contributed by atoms with E-state index in [-0.39, 0.29) is 40.8 Å². The molecule has 2 aromatic rings. The lowest BCUT2D eigenvalue weighted by Crippen LogP contribution is -2.52. The molecule has 0 amide bonds. The zero-order valence-corrected chi connectivity index (χ0v) is 22.7. The van der Waals surface area contributed by atoms with Gasteiger partial charge < -0.3 is 34.6 Å². The summed E-state index contributed by atoms with van der Waals surface area (Å²) in [5.74, 6) is -3.11. The number of methoxy groups -OCH3 is 1. The van der Waals surface area contributed by atoms with Crippen LogP contribution in [0.1, 0.15) is 75.8 Å². The minimum absolute atomic E-state index is 0.00827. The van der Waals surface area contributed by atoms with Crippen LogP contribution in [0.15, 0.2) is 18.2 Å². The zero-order valence-electron chi connectivity index (χ0n) is 21.6. The zero-order chi connectivity index (χ0) is 28.4. The standard InChI is InChI=1S/C27H30NO10P/c1-10-22(30)14(28-39)7-17(37-10)38-16-9-27(35,11(2)29)8-13-19(16)26(34)21-20(24(13)32)23(31)12-5-4-6-15(36-3)18(12)25(21)33/h4-6,10,14,16-17,22,28,30,32,34-35H,7-9,39H2,1-3H3/t10-,14-,16-,17-,22+,27-/m0/s1. The molecule has 0 bridgehead atoms. The number of phenols is 2. The van der Waals surface area contributed by atoms with Gasteiger partial charge in [-0.3, -0.25) is 19.5 Å². The molecule has 11 nitrogen and oxygen atoms in total. The number of hydrogen-bond donors (Lipinski definition) is 5. The van der Waals surface area contributed by atoms with Crippen molar-refractivity contribution in [1.29, 1.82) is 0 Å². The highest BCUT2D eigenvalue weighted by Gasteiger charge is 2.49. The van der Waals surface area contributed by atoms with Crippen molar-refractivity contribution in [3.05, 3.63) is 51.6 Å². The topological polar surface area (TPSA) is 172 Å². The fourth-order valence-electron chi connectivity index (χ4n) is 5.79. The molecular weight excluding hydrogens is 529 g/mol. The Balaban J connectivity index is 1.67. The van der Waals surface area contributed by atoms with E-state index in [1.807, 2.05) is 0 Å². The first kappa shape index (κ1) is 27.6. The van der Waals surface area contributed by atoms with Crippen LogP contribution in [0.25, 0.3) is 0 Å². The fraction of sp³-hybridized carbons (Fsp3) is 0.444. The summed E-state index contributed by atoms with van der Waals surface area (Å²) in [7, 11) is 3.67. The molecule has 7 atom stereocenters. The molecule has 0 saturated carbocycles. The third kappa shape index (κ3) is 4.25. The normalized spacial score (nSPS) is 29.8. The number of fused-ring (bicyclic) bond motifs is 3. The first-order chi connectivity index (χ1) is 18.4. The summed E-state index contributed by atoms with van der Waals surface area (Å²) in [6.45, 7) is 2.85. The van der Waals surface area contributed by atoms with Crippen LogP contribution in [0.4, 0.5) is 0 Å². The van der Waals surface area contributed by atoms with Crippen LogP contribution < -0.4 is 9.82 Å². The number of carbonyl (C=O) groups is 3. The van der Waals surface area contributed by atoms with Crippen molar-refractivity contribution in [3.63, 3.8) is 0 Å². The minimum Gasteiger partial charge on any atom is -0.507 e. The molecule has 0 radical (unpaired) electrons. The number of aliphatic hydroxyl groups excluding tert-OH is 1. The van der Waals surface area contributed by atoms with Crippen molar-refractivity contribution in [2.75, 3.05) is 7.11 Å². The average Bonchev–Trinajstić information content (AvgIpc) is 2.90. The van der Waals surface area contributed by atoms with Gasteiger partial charge in [-0.05, 0) is 19.9 Å². The predicted molar refractivity (Wildman–Crippen MR) is 139 cm³/mol. The van der Waals surface area contributed by atoms with Gasteiger partial charge in [-0.15, -0.1) is 0 Å². The Labute approximate surface area is 226 Å². The maximum absolute atomic E-state index is 13.7. The third-order valence-corrected chi connectivity index (χ3v) is 8.40. The number of aromatic hydroxyl groups is 2. The maximum Gasteiger partial charge on any atom is 0.202 e. The van der Waals surface area contributed by atoms with Gasteiger partial charge in [0.05, 0.1) is 42.1 Å². The molecule has 39 heavy (non-hydrogen) atoms. The Hall–Kier alpha value is -2.92. The molecule has 2 aliphatic carbocycles. The Morgan fingerprint density at radius 3 is 2.49 bits per heavy atom. The molecule has 208 valence electrons. The number of carbonyl (C=O) groups excluding carboxylic acids is 3. The molecule has 5 rings (SSSR count). The summed E-state index contributed by atoms with van der Waals surface area (Å²) < 4.78 is 17.3. The second kappa shape index (κ2) is 9.92. The number of phenolic OH excluding ortho intramolecular Hbond substituents is 2. The van der Waals surface area contributed by atoms with E-state index in [4.69, 9.17) is 14.2 Å². The van der Waals surface area contributed by atoms with Crippen molar-refractivity contribution >= 4 is 26.7 Å². The molecule has 0 aromatic heterocycles. The molecule has 5 N–H and O–H groups in total. The van der Waals surface area contributed by atoms with Crippen molar-refractivity contribution in [2.24, 2.45) is 0 Å². The highest BCUT2D eigenvalue weighted by molar-refractivity contribution is 7.13. The molecular formula is C27H30NO10P. The lowest BCUT2D eigenvalue weighted by molar-refractivity contribution is -0.248. The van der Waals surface area contributed by atoms with E-state index in [0.717, 1.165) is 0 Å². The molecule has 0 spiro atoms. The van der Waals surface area contributed by atoms with Crippen molar-refractivity contribution in [2.45, 2.75) is 69.4 Å². The number of Topliss-reactive ketones (excluding diaryl/α,β-unsaturated/α-hetero) is 1. The van der Waals surface area contributed by atoms with Gasteiger partial charge >= 0.3 is 0 Å². The number of ether oxygens (including phenoxy) is 3. The SMILES string of the molecule is COc1cccc2c1C(=O)c1c(O)c3c(c(O)c1C2=O)C[C@@](O)(C(C)=O)C[C@@H]3O[C@H]1C[C@H](NP)[C@H](O)[C@H](C)O1. The molecule has 1 saturated heterocycles. The van der Waals surface area contributed by atoms with Crippen LogP contribution >= 0.6 is 9.39 Å². The van der Waals surface area contributed by atoms with Crippen molar-refractivity contribution in [1.82, 2.24) is 5.09 Å². The summed E-state index contributed by atoms with van der Waals surface area (Å²) in [4.78, 5) is 39.7. The van der Waals surface area contributed by atoms with Crippen LogP contribution in [0.3, 0.4) is 0 Å². The van der Waals surface area contributed by atoms with E-state index < -0.39 is 82.6 Å². The van der Waals surface area contributed by atoms with Gasteiger partial charge in [0.1, 0.15) is 22.8 Å². The molecule has 1 heterocycles. The van der Waals surface area contributed by atoms with E-state index in [1.54, 1.807) is 6.92 Å². The summed E-state index contributed by atoms with van der Waals surface area (Å²) in [5.41, 5.74) is -2.96. The molecule has 2 aromatic carbocycles. The number of rotatable bonds is 5. The Bertz CT molecular complexity index is 1390. The highest BCUT2D eigenvalue weighted by atomic mass is 31.0. The van der Waals surface area contributed by atoms with Crippen LogP contribution in [0, 0.1) is 0 Å². The van der Waals surface area contributed by atoms with Gasteiger partial charge in [0.25, 0.3) is 0 Å². The van der Waals surface area contributed by atoms with Crippen LogP contribution in [-0.2, 0) is 20.7 Å². The van der Waals surface area contributed by atoms with Crippen molar-refractivity contribution in [3.8, 4) is 17.2 Å². The molecule has 12 heteroatoms. The lowest BCUT2D eigenvalue weighted by atomic mass is 9.72. The number of hydrogen-bond acceptors (Lipinski definition) is 11. The quantitative estimate of drug-likeness (QED) is 0.226. The number of benzene rings is 2. The van der Waals surface area contributed by atoms with Gasteiger partial charge in [0.15, 0.2) is 17.9 Å². The monoisotopic (exact) mass is 559 g/mol. The van der Waals surface area contributed by atoms with Crippen LogP contribution in [0.5, 0.6) is 17.2 Å². The third-order valence-electron chi connectivity index (χ3n) is 7.97. The van der Waals surface area contributed by atoms with Gasteiger partial charge in [-0.25, -0.2) is 0 Å². The summed E-state index contributed by atoms with van der Waals surface area (Å²) in [5, 5.41) is 47.4. The van der Waals surface area contributed by atoms with E-state index in [1.165, 1.54) is 32.2 Å². The average molecular weight is 560 g/mol. The Morgan fingerprint density at radius 1 is 1.15 bits per heavy atom. The molecule has 1 fully saturated rings. The second-order valence-electron chi connectivity index (χ2n) is 10.2. The van der Waals surface area contributed by atoms with Crippen LogP contribution in [0.2, 0.25) is 0 Å². The maximum atomic E-state index is 13.7. The highest BCUT2D eigenvalue weighted by Crippen LogP contribution is 2.52. The Kier molecular flexibility index (Phi) is 7.03. The van der Waals surface area contributed by atoms with E-state index in [0.29, 0.717) is 0 Å². The first-order valence-corrected chi connectivity index (χ1v) is 13.1. The first-order valence-electron chi connectivity index (χ1n) is 12.5. The summed E-state index contributed by atoms with van der Waals surface area (Å²) in [6.07, 6.45) is -4.16. The van der Waals surface area contributed by atoms with Crippen LogP contribution in [-0.4, -0.2) is 75.0 Å². The number of aliphatic hydroxyl groups is 2. The van der Waals surface area contributed by atoms with E-state index >= 15 is 0 Å². The lowest BCUT2D eigenvalue weighted by Gasteiger charge is -2.42. The van der Waals surface area contributed by atoms with Gasteiger partial charge in [0.2, 0.25) is 5.78 Å². The molecule has 1 aliphatic heterocycles. The van der Waals surface area contributed by atoms with Gasteiger partial charge in [0, 0.05) is 42.0 Å². The predicted octanol–water partition coefficient (Wildman–Crippen LogP) is 1.45. The number of nitrogens with one attached hydrogen (secondary N) is 1. The van der Waals surface area contributed by atoms with E-state index in [9.17, 15) is 34.8 Å². The summed E-state index contributed by atoms with van der Waals surface area (Å²) >= 11 is 0. The minimum atomic E-state index is -1.99.